The Morgan fingerprint density at radius 3 is 2.81 bits per heavy atom. The van der Waals surface area contributed by atoms with Crippen LogP contribution in [0.5, 0.6) is 5.75 Å². The molecule has 0 bridgehead atoms. The minimum absolute atomic E-state index is 0.267. The lowest BCUT2D eigenvalue weighted by atomic mass is 10.1. The predicted molar refractivity (Wildman–Crippen MR) is 82.9 cm³/mol. The summed E-state index contributed by atoms with van der Waals surface area (Å²) in [4.78, 5) is 1.06. The van der Waals surface area contributed by atoms with Gasteiger partial charge in [0.2, 0.25) is 0 Å². The fraction of sp³-hybridized carbons (Fsp3) is 0.176. The fourth-order valence-electron chi connectivity index (χ4n) is 1.79. The van der Waals surface area contributed by atoms with Gasteiger partial charge in [0.1, 0.15) is 24.8 Å². The zero-order valence-electron chi connectivity index (χ0n) is 11.6. The summed E-state index contributed by atoms with van der Waals surface area (Å²) < 4.78 is 19.3. The molecule has 2 aromatic rings. The molecule has 21 heavy (non-hydrogen) atoms. The van der Waals surface area contributed by atoms with E-state index in [9.17, 15) is 4.39 Å². The molecule has 0 saturated carbocycles. The molecule has 108 valence electrons. The van der Waals surface area contributed by atoms with E-state index in [1.54, 1.807) is 23.9 Å². The van der Waals surface area contributed by atoms with E-state index in [0.29, 0.717) is 6.61 Å². The second kappa shape index (κ2) is 7.72. The van der Waals surface area contributed by atoms with Crippen LogP contribution in [0.25, 0.3) is 0 Å². The quantitative estimate of drug-likeness (QED) is 0.693. The number of para-hydroxylation sites is 1. The van der Waals surface area contributed by atoms with E-state index in [1.165, 1.54) is 6.07 Å². The van der Waals surface area contributed by atoms with Crippen LogP contribution in [0, 0.1) is 17.7 Å². The van der Waals surface area contributed by atoms with Gasteiger partial charge in [-0.2, -0.15) is 0 Å². The Bertz CT molecular complexity index is 674. The van der Waals surface area contributed by atoms with Crippen LogP contribution in [0.1, 0.15) is 11.1 Å². The number of rotatable bonds is 4. The van der Waals surface area contributed by atoms with Crippen molar-refractivity contribution in [1.82, 2.24) is 0 Å². The average molecular weight is 302 g/mol. The van der Waals surface area contributed by atoms with Crippen molar-refractivity contribution in [2.24, 2.45) is 0 Å². The van der Waals surface area contributed by atoms with Crippen molar-refractivity contribution in [3.63, 3.8) is 0 Å². The molecule has 0 heterocycles. The molecule has 0 aliphatic heterocycles. The van der Waals surface area contributed by atoms with E-state index in [0.717, 1.165) is 16.2 Å². The van der Waals surface area contributed by atoms with Crippen molar-refractivity contribution in [3.05, 3.63) is 59.4 Å². The molecule has 1 N–H and O–H groups in total. The van der Waals surface area contributed by atoms with Gasteiger partial charge in [-0.15, -0.1) is 11.8 Å². The van der Waals surface area contributed by atoms with E-state index in [4.69, 9.17) is 9.84 Å². The molecule has 2 nitrogen and oxygen atoms in total. The number of hydrogen-bond acceptors (Lipinski definition) is 3. The summed E-state index contributed by atoms with van der Waals surface area (Å²) in [6.45, 7) is 0.0485. The van der Waals surface area contributed by atoms with Gasteiger partial charge in [0, 0.05) is 4.90 Å². The van der Waals surface area contributed by atoms with Gasteiger partial charge >= 0.3 is 0 Å². The topological polar surface area (TPSA) is 29.5 Å². The van der Waals surface area contributed by atoms with Crippen LogP contribution in [-0.2, 0) is 6.61 Å². The summed E-state index contributed by atoms with van der Waals surface area (Å²) in [6, 6.07) is 12.4. The Morgan fingerprint density at radius 2 is 2.05 bits per heavy atom. The number of hydrogen-bond donors (Lipinski definition) is 1. The first-order valence-electron chi connectivity index (χ1n) is 6.38. The summed E-state index contributed by atoms with van der Waals surface area (Å²) in [5.41, 5.74) is 1.10. The van der Waals surface area contributed by atoms with Crippen LogP contribution in [0.2, 0.25) is 0 Å². The van der Waals surface area contributed by atoms with Crippen molar-refractivity contribution in [1.29, 1.82) is 0 Å². The maximum absolute atomic E-state index is 13.5. The smallest absolute Gasteiger partial charge is 0.138 e. The first-order valence-corrected chi connectivity index (χ1v) is 7.61. The Balaban J connectivity index is 2.13. The van der Waals surface area contributed by atoms with Gasteiger partial charge in [-0.3, -0.25) is 0 Å². The standard InChI is InChI=1S/C17H15FO2S/c1-21-17-7-3-2-6-16(17)20-12-13-8-9-15(18)14(11-13)5-4-10-19/h2-3,6-9,11,19H,10,12H2,1H3. The minimum atomic E-state index is -0.399. The number of ether oxygens (including phenoxy) is 1. The Hall–Kier alpha value is -1.96. The minimum Gasteiger partial charge on any atom is -0.488 e. The van der Waals surface area contributed by atoms with Crippen molar-refractivity contribution in [3.8, 4) is 17.6 Å². The highest BCUT2D eigenvalue weighted by Gasteiger charge is 2.04. The normalized spacial score (nSPS) is 9.86. The molecule has 0 aromatic heterocycles. The van der Waals surface area contributed by atoms with E-state index >= 15 is 0 Å². The summed E-state index contributed by atoms with van der Waals surface area (Å²) in [5.74, 6) is 5.44. The van der Waals surface area contributed by atoms with Crippen molar-refractivity contribution >= 4 is 11.8 Å². The molecule has 2 aromatic carbocycles. The highest BCUT2D eigenvalue weighted by atomic mass is 32.2. The zero-order chi connectivity index (χ0) is 15.1. The number of benzene rings is 2. The van der Waals surface area contributed by atoms with Gasteiger partial charge in [0.15, 0.2) is 0 Å². The number of aliphatic hydroxyl groups excluding tert-OH is 1. The summed E-state index contributed by atoms with van der Waals surface area (Å²) >= 11 is 1.61. The SMILES string of the molecule is CSc1ccccc1OCc1ccc(F)c(C#CCO)c1. The summed E-state index contributed by atoms with van der Waals surface area (Å²) in [7, 11) is 0. The molecule has 0 aliphatic rings. The zero-order valence-corrected chi connectivity index (χ0v) is 12.4. The molecule has 0 spiro atoms. The van der Waals surface area contributed by atoms with Crippen LogP contribution in [-0.4, -0.2) is 18.0 Å². The predicted octanol–water partition coefficient (Wildman–Crippen LogP) is 3.47. The highest BCUT2D eigenvalue weighted by molar-refractivity contribution is 7.98. The second-order valence-corrected chi connectivity index (χ2v) is 5.06. The van der Waals surface area contributed by atoms with Gasteiger partial charge in [0.05, 0.1) is 5.56 Å². The highest BCUT2D eigenvalue weighted by Crippen LogP contribution is 2.27. The molecule has 4 heteroatoms. The molecular formula is C17H15FO2S. The van der Waals surface area contributed by atoms with Crippen LogP contribution in [0.3, 0.4) is 0 Å². The van der Waals surface area contributed by atoms with Crippen LogP contribution in [0.15, 0.2) is 47.4 Å². The summed E-state index contributed by atoms with van der Waals surface area (Å²) in [6.07, 6.45) is 1.99. The van der Waals surface area contributed by atoms with Crippen LogP contribution in [0.4, 0.5) is 4.39 Å². The molecule has 0 unspecified atom stereocenters. The third kappa shape index (κ3) is 4.25. The van der Waals surface area contributed by atoms with Crippen LogP contribution < -0.4 is 4.74 Å². The first kappa shape index (κ1) is 15.4. The van der Waals surface area contributed by atoms with E-state index in [2.05, 4.69) is 11.8 Å². The monoisotopic (exact) mass is 302 g/mol. The molecule has 0 amide bonds. The molecule has 0 radical (unpaired) electrons. The van der Waals surface area contributed by atoms with Gasteiger partial charge in [0.25, 0.3) is 0 Å². The van der Waals surface area contributed by atoms with E-state index in [1.807, 2.05) is 30.5 Å². The lowest BCUT2D eigenvalue weighted by Crippen LogP contribution is -1.98. The average Bonchev–Trinajstić information content (AvgIpc) is 2.53. The molecule has 0 saturated heterocycles. The molecule has 0 fully saturated rings. The van der Waals surface area contributed by atoms with Gasteiger partial charge in [-0.25, -0.2) is 4.39 Å². The third-order valence-corrected chi connectivity index (χ3v) is 3.57. The number of aliphatic hydroxyl groups is 1. The van der Waals surface area contributed by atoms with Crippen LogP contribution >= 0.6 is 11.8 Å². The van der Waals surface area contributed by atoms with Gasteiger partial charge in [-0.05, 0) is 36.1 Å². The lowest BCUT2D eigenvalue weighted by Gasteiger charge is -2.10. The van der Waals surface area contributed by atoms with Crippen molar-refractivity contribution in [2.45, 2.75) is 11.5 Å². The van der Waals surface area contributed by atoms with Gasteiger partial charge in [-0.1, -0.05) is 30.0 Å². The second-order valence-electron chi connectivity index (χ2n) is 4.21. The molecular weight excluding hydrogens is 287 g/mol. The third-order valence-electron chi connectivity index (χ3n) is 2.80. The van der Waals surface area contributed by atoms with Gasteiger partial charge < -0.3 is 9.84 Å². The van der Waals surface area contributed by atoms with E-state index < -0.39 is 5.82 Å². The Kier molecular flexibility index (Phi) is 5.68. The fourth-order valence-corrected chi connectivity index (χ4v) is 2.33. The first-order chi connectivity index (χ1) is 10.2. The van der Waals surface area contributed by atoms with Crippen molar-refractivity contribution < 1.29 is 14.2 Å². The maximum Gasteiger partial charge on any atom is 0.138 e. The number of thioether (sulfide) groups is 1. The molecule has 2 rings (SSSR count). The largest absolute Gasteiger partial charge is 0.488 e. The Labute approximate surface area is 128 Å². The van der Waals surface area contributed by atoms with Crippen molar-refractivity contribution in [2.75, 3.05) is 12.9 Å². The molecule has 0 aliphatic carbocycles. The number of halogens is 1. The summed E-state index contributed by atoms with van der Waals surface area (Å²) in [5, 5.41) is 8.67. The maximum atomic E-state index is 13.5. The Morgan fingerprint density at radius 1 is 1.24 bits per heavy atom. The molecule has 0 atom stereocenters. The lowest BCUT2D eigenvalue weighted by molar-refractivity contribution is 0.299. The van der Waals surface area contributed by atoms with E-state index in [-0.39, 0.29) is 12.2 Å².